The molecule has 0 spiro atoms. The van der Waals surface area contributed by atoms with Gasteiger partial charge >= 0.3 is 0 Å². The van der Waals surface area contributed by atoms with Crippen molar-refractivity contribution in [2.24, 2.45) is 17.6 Å². The average Bonchev–Trinajstić information content (AvgIpc) is 2.86. The molecule has 0 saturated carbocycles. The Morgan fingerprint density at radius 1 is 1.05 bits per heavy atom. The summed E-state index contributed by atoms with van der Waals surface area (Å²) in [6, 6.07) is 11.2. The quantitative estimate of drug-likeness (QED) is 0.298. The maximum absolute atomic E-state index is 13.7. The van der Waals surface area contributed by atoms with Gasteiger partial charge in [-0.15, -0.1) is 0 Å². The zero-order valence-corrected chi connectivity index (χ0v) is 20.7. The van der Waals surface area contributed by atoms with E-state index in [1.165, 1.54) is 11.0 Å². The predicted octanol–water partition coefficient (Wildman–Crippen LogP) is 1.52. The summed E-state index contributed by atoms with van der Waals surface area (Å²) in [7, 11) is 3.17. The van der Waals surface area contributed by atoms with E-state index in [2.05, 4.69) is 11.8 Å². The summed E-state index contributed by atoms with van der Waals surface area (Å²) in [6.45, 7) is 0. The Morgan fingerprint density at radius 2 is 1.74 bits per heavy atom. The molecule has 2 aromatic carbocycles. The SMILES string of the molecule is CN(C)[C@H]1C(O)=C(C(N)=O)C(=O)[C@]2(O)C(O)=C3C(=O)c4c(O)ccc(C#Cc5ccccc5)c4C[C@@H]3C[C@H]12. The first-order valence-electron chi connectivity index (χ1n) is 12.0. The highest BCUT2D eigenvalue weighted by Gasteiger charge is 2.63. The molecule has 0 heterocycles. The number of primary amides is 1. The first kappa shape index (κ1) is 25.3. The lowest BCUT2D eigenvalue weighted by molar-refractivity contribution is -0.148. The van der Waals surface area contributed by atoms with Gasteiger partial charge in [0.1, 0.15) is 22.8 Å². The smallest absolute Gasteiger partial charge is 0.255 e. The summed E-state index contributed by atoms with van der Waals surface area (Å²) >= 11 is 0. The van der Waals surface area contributed by atoms with Gasteiger partial charge in [-0.3, -0.25) is 19.3 Å². The molecule has 9 nitrogen and oxygen atoms in total. The minimum Gasteiger partial charge on any atom is -0.510 e. The molecule has 6 N–H and O–H groups in total. The molecular weight excluding hydrogens is 488 g/mol. The number of nitrogens with two attached hydrogens (primary N) is 1. The van der Waals surface area contributed by atoms with Crippen molar-refractivity contribution >= 4 is 17.5 Å². The van der Waals surface area contributed by atoms with Gasteiger partial charge < -0.3 is 26.2 Å². The molecule has 0 aromatic heterocycles. The fraction of sp³-hybridized carbons (Fsp3) is 0.276. The zero-order valence-electron chi connectivity index (χ0n) is 20.7. The van der Waals surface area contributed by atoms with Crippen molar-refractivity contribution in [2.75, 3.05) is 14.1 Å². The molecule has 0 radical (unpaired) electrons. The van der Waals surface area contributed by atoms with Gasteiger partial charge in [0.2, 0.25) is 5.78 Å². The highest BCUT2D eigenvalue weighted by molar-refractivity contribution is 6.24. The largest absolute Gasteiger partial charge is 0.510 e. The molecule has 0 bridgehead atoms. The lowest BCUT2D eigenvalue weighted by Gasteiger charge is -2.50. The minimum absolute atomic E-state index is 0.0208. The number of aromatic hydroxyl groups is 1. The highest BCUT2D eigenvalue weighted by Crippen LogP contribution is 2.52. The number of hydrogen-bond acceptors (Lipinski definition) is 8. The van der Waals surface area contributed by atoms with Crippen molar-refractivity contribution in [3.63, 3.8) is 0 Å². The fourth-order valence-corrected chi connectivity index (χ4v) is 6.03. The summed E-state index contributed by atoms with van der Waals surface area (Å²) in [5, 5.41) is 44.4. The molecule has 0 saturated heterocycles. The number of allylic oxidation sites excluding steroid dienone is 1. The monoisotopic (exact) mass is 514 g/mol. The lowest BCUT2D eigenvalue weighted by atomic mass is 9.58. The number of aliphatic hydroxyl groups is 3. The first-order valence-corrected chi connectivity index (χ1v) is 12.0. The van der Waals surface area contributed by atoms with Gasteiger partial charge in [-0.05, 0) is 62.7 Å². The van der Waals surface area contributed by atoms with Crippen LogP contribution in [-0.4, -0.2) is 68.5 Å². The zero-order chi connectivity index (χ0) is 27.5. The van der Waals surface area contributed by atoms with Crippen molar-refractivity contribution in [1.29, 1.82) is 0 Å². The molecule has 9 heteroatoms. The number of likely N-dealkylation sites (N-methyl/N-ethyl adjacent to an activating group) is 1. The number of phenols is 1. The van der Waals surface area contributed by atoms with E-state index in [4.69, 9.17) is 5.73 Å². The summed E-state index contributed by atoms with van der Waals surface area (Å²) < 4.78 is 0. The van der Waals surface area contributed by atoms with E-state index < -0.39 is 58.0 Å². The molecule has 0 aliphatic heterocycles. The second-order valence-electron chi connectivity index (χ2n) is 10.1. The molecule has 3 aliphatic carbocycles. The number of fused-ring (bicyclic) bond motifs is 3. The van der Waals surface area contributed by atoms with Crippen LogP contribution >= 0.6 is 0 Å². The number of phenolic OH excluding ortho intramolecular Hbond substituents is 1. The van der Waals surface area contributed by atoms with Crippen LogP contribution in [-0.2, 0) is 16.0 Å². The first-order chi connectivity index (χ1) is 18.0. The molecule has 4 atom stereocenters. The van der Waals surface area contributed by atoms with Crippen LogP contribution in [0.3, 0.4) is 0 Å². The van der Waals surface area contributed by atoms with Crippen molar-refractivity contribution in [3.05, 3.63) is 87.4 Å². The molecule has 5 rings (SSSR count). The lowest BCUT2D eigenvalue weighted by Crippen LogP contribution is -2.63. The Hall–Kier alpha value is -4.39. The number of carbonyl (C=O) groups excluding carboxylic acids is 3. The van der Waals surface area contributed by atoms with Gasteiger partial charge in [0, 0.05) is 22.6 Å². The third-order valence-corrected chi connectivity index (χ3v) is 7.72. The van der Waals surface area contributed by atoms with Gasteiger partial charge in [-0.25, -0.2) is 0 Å². The van der Waals surface area contributed by atoms with Gasteiger partial charge in [0.05, 0.1) is 11.6 Å². The molecule has 3 aliphatic rings. The third kappa shape index (κ3) is 3.53. The summed E-state index contributed by atoms with van der Waals surface area (Å²) in [5.74, 6) is -0.698. The maximum Gasteiger partial charge on any atom is 0.255 e. The van der Waals surface area contributed by atoms with Crippen LogP contribution in [0.2, 0.25) is 0 Å². The summed E-state index contributed by atoms with van der Waals surface area (Å²) in [6.07, 6.45) is 0.203. The molecular formula is C29H26N2O7. The van der Waals surface area contributed by atoms with Crippen LogP contribution in [0.4, 0.5) is 0 Å². The van der Waals surface area contributed by atoms with Crippen LogP contribution < -0.4 is 5.73 Å². The van der Waals surface area contributed by atoms with E-state index in [0.29, 0.717) is 11.1 Å². The van der Waals surface area contributed by atoms with Gasteiger partial charge in [-0.2, -0.15) is 0 Å². The maximum atomic E-state index is 13.7. The van der Waals surface area contributed by atoms with E-state index in [9.17, 15) is 34.8 Å². The average molecular weight is 515 g/mol. The second kappa shape index (κ2) is 8.87. The van der Waals surface area contributed by atoms with E-state index in [1.54, 1.807) is 20.2 Å². The number of aliphatic hydroxyl groups excluding tert-OH is 2. The number of amides is 1. The highest BCUT2D eigenvalue weighted by atomic mass is 16.3. The van der Waals surface area contributed by atoms with Crippen molar-refractivity contribution in [1.82, 2.24) is 4.90 Å². The van der Waals surface area contributed by atoms with E-state index in [1.807, 2.05) is 30.3 Å². The Kier molecular flexibility index (Phi) is 5.90. The summed E-state index contributed by atoms with van der Waals surface area (Å²) in [4.78, 5) is 40.6. The van der Waals surface area contributed by atoms with Gasteiger partial charge in [0.15, 0.2) is 11.4 Å². The number of carbonyl (C=O) groups is 3. The van der Waals surface area contributed by atoms with Crippen molar-refractivity contribution in [2.45, 2.75) is 24.5 Å². The minimum atomic E-state index is -2.66. The molecule has 0 fully saturated rings. The number of hydrogen-bond donors (Lipinski definition) is 5. The molecule has 2 aromatic rings. The van der Waals surface area contributed by atoms with Crippen LogP contribution in [0, 0.1) is 23.7 Å². The van der Waals surface area contributed by atoms with Crippen LogP contribution in [0.1, 0.15) is 33.5 Å². The van der Waals surface area contributed by atoms with E-state index >= 15 is 0 Å². The van der Waals surface area contributed by atoms with Crippen LogP contribution in [0.15, 0.2) is 65.1 Å². The predicted molar refractivity (Wildman–Crippen MR) is 136 cm³/mol. The molecule has 38 heavy (non-hydrogen) atoms. The molecule has 194 valence electrons. The number of benzene rings is 2. The number of rotatable bonds is 2. The second-order valence-corrected chi connectivity index (χ2v) is 10.1. The van der Waals surface area contributed by atoms with Crippen molar-refractivity contribution in [3.8, 4) is 17.6 Å². The Morgan fingerprint density at radius 3 is 2.37 bits per heavy atom. The van der Waals surface area contributed by atoms with Gasteiger partial charge in [0.25, 0.3) is 5.91 Å². The van der Waals surface area contributed by atoms with Gasteiger partial charge in [-0.1, -0.05) is 30.0 Å². The van der Waals surface area contributed by atoms with E-state index in [-0.39, 0.29) is 29.7 Å². The van der Waals surface area contributed by atoms with Crippen molar-refractivity contribution < 1.29 is 34.8 Å². The van der Waals surface area contributed by atoms with Crippen LogP contribution in [0.25, 0.3) is 0 Å². The number of nitrogens with zero attached hydrogens (tertiary/aromatic N) is 1. The topological polar surface area (TPSA) is 161 Å². The Bertz CT molecular complexity index is 1530. The standard InChI is InChI=1S/C29H26N2O7/c1-31(2)23-18-13-16-12-17-15(9-8-14-6-4-3-5-7-14)10-11-19(32)21(17)24(33)20(16)26(35)29(18,38)27(36)22(25(23)34)28(30)37/h3-7,10-11,16,18,23,32,34-35,38H,12-13H2,1-2H3,(H2,30,37)/t16-,18-,23-,29-/m1/s1. The fourth-order valence-electron chi connectivity index (χ4n) is 6.03. The number of ketones is 2. The molecule has 0 unspecified atom stereocenters. The summed E-state index contributed by atoms with van der Waals surface area (Å²) in [5.41, 5.74) is 3.37. The third-order valence-electron chi connectivity index (χ3n) is 7.72. The normalized spacial score (nSPS) is 26.4. The van der Waals surface area contributed by atoms with E-state index in [0.717, 1.165) is 5.56 Å². The Labute approximate surface area is 218 Å². The van der Waals surface area contributed by atoms with Crippen LogP contribution in [0.5, 0.6) is 5.75 Å². The number of Topliss-reactive ketones (excluding diaryl/α,β-unsaturated/α-hetero) is 2. The molecule has 1 amide bonds. The Balaban J connectivity index is 1.68.